The van der Waals surface area contributed by atoms with Crippen LogP contribution >= 0.6 is 0 Å². The Morgan fingerprint density at radius 2 is 2.13 bits per heavy atom. The van der Waals surface area contributed by atoms with Crippen LogP contribution in [0.15, 0.2) is 18.2 Å². The quantitative estimate of drug-likeness (QED) is 0.926. The fraction of sp³-hybridized carbons (Fsp3) is 0.529. The number of nitrogens with zero attached hydrogens (tertiary/aromatic N) is 2. The number of carbonyl (C=O) groups is 1. The van der Waals surface area contributed by atoms with Gasteiger partial charge in [-0.15, -0.1) is 0 Å². The number of aromatic amines is 1. The second-order valence-corrected chi connectivity index (χ2v) is 6.36. The fourth-order valence-corrected chi connectivity index (χ4v) is 3.65. The molecule has 1 atom stereocenters. The van der Waals surface area contributed by atoms with E-state index in [1.165, 1.54) is 12.1 Å². The number of fused-ring (bicyclic) bond motifs is 1. The lowest BCUT2D eigenvalue weighted by Crippen LogP contribution is -2.38. The lowest BCUT2D eigenvalue weighted by molar-refractivity contribution is -0.139. The lowest BCUT2D eigenvalue weighted by Gasteiger charge is -2.29. The maximum atomic E-state index is 13.3. The number of amides is 1. The predicted molar refractivity (Wildman–Crippen MR) is 83.3 cm³/mol. The van der Waals surface area contributed by atoms with Crippen molar-refractivity contribution < 1.29 is 13.9 Å². The van der Waals surface area contributed by atoms with E-state index in [1.54, 1.807) is 6.07 Å². The average Bonchev–Trinajstić information content (AvgIpc) is 3.20. The summed E-state index contributed by atoms with van der Waals surface area (Å²) in [4.78, 5) is 22.5. The number of ether oxygens (including phenoxy) is 1. The van der Waals surface area contributed by atoms with Gasteiger partial charge in [-0.3, -0.25) is 4.79 Å². The number of hydrogen-bond acceptors (Lipinski definition) is 3. The summed E-state index contributed by atoms with van der Waals surface area (Å²) >= 11 is 0. The van der Waals surface area contributed by atoms with Crippen molar-refractivity contribution in [2.24, 2.45) is 5.92 Å². The fourth-order valence-electron chi connectivity index (χ4n) is 3.65. The first-order valence-electron chi connectivity index (χ1n) is 8.26. The highest BCUT2D eigenvalue weighted by atomic mass is 19.1. The highest BCUT2D eigenvalue weighted by molar-refractivity contribution is 5.80. The molecule has 1 aromatic heterocycles. The topological polar surface area (TPSA) is 58.2 Å². The van der Waals surface area contributed by atoms with Crippen LogP contribution in [0, 0.1) is 11.7 Å². The van der Waals surface area contributed by atoms with E-state index in [0.29, 0.717) is 18.7 Å². The molecule has 2 aliphatic rings. The lowest BCUT2D eigenvalue weighted by atomic mass is 9.98. The molecule has 1 unspecified atom stereocenters. The van der Waals surface area contributed by atoms with E-state index in [0.717, 1.165) is 43.6 Å². The molecule has 1 amide bonds. The molecule has 4 rings (SSSR count). The molecule has 2 aliphatic heterocycles. The van der Waals surface area contributed by atoms with E-state index in [9.17, 15) is 9.18 Å². The monoisotopic (exact) mass is 317 g/mol. The summed E-state index contributed by atoms with van der Waals surface area (Å²) in [6, 6.07) is 4.50. The number of hydrogen-bond donors (Lipinski definition) is 1. The molecule has 2 saturated heterocycles. The molecule has 0 bridgehead atoms. The van der Waals surface area contributed by atoms with Gasteiger partial charge in [0.05, 0.1) is 17.1 Å². The highest BCUT2D eigenvalue weighted by Gasteiger charge is 2.36. The van der Waals surface area contributed by atoms with Crippen molar-refractivity contribution in [1.29, 1.82) is 0 Å². The Morgan fingerprint density at radius 1 is 1.30 bits per heavy atom. The molecule has 5 nitrogen and oxygen atoms in total. The first-order valence-corrected chi connectivity index (χ1v) is 8.26. The van der Waals surface area contributed by atoms with Gasteiger partial charge in [0.15, 0.2) is 0 Å². The van der Waals surface area contributed by atoms with Crippen molar-refractivity contribution in [3.63, 3.8) is 0 Å². The van der Waals surface area contributed by atoms with Crippen LogP contribution < -0.4 is 0 Å². The molecular formula is C17H20FN3O2. The van der Waals surface area contributed by atoms with Gasteiger partial charge in [-0.1, -0.05) is 0 Å². The highest BCUT2D eigenvalue weighted by Crippen LogP contribution is 2.34. The normalized spacial score (nSPS) is 22.8. The largest absolute Gasteiger partial charge is 0.381 e. The van der Waals surface area contributed by atoms with Crippen LogP contribution in [-0.2, 0) is 9.53 Å². The smallest absolute Gasteiger partial charge is 0.226 e. The number of imidazole rings is 1. The minimum Gasteiger partial charge on any atom is -0.381 e. The van der Waals surface area contributed by atoms with E-state index in [-0.39, 0.29) is 23.7 Å². The van der Waals surface area contributed by atoms with E-state index in [4.69, 9.17) is 4.74 Å². The second kappa shape index (κ2) is 5.92. The van der Waals surface area contributed by atoms with Gasteiger partial charge in [0.25, 0.3) is 0 Å². The SMILES string of the molecule is O=C(C1CCOCC1)N1CCCC1c1nc2ccc(F)cc2[nH]1. The molecule has 0 saturated carbocycles. The number of benzene rings is 1. The van der Waals surface area contributed by atoms with Crippen LogP contribution in [0.1, 0.15) is 37.5 Å². The van der Waals surface area contributed by atoms with Gasteiger partial charge in [0.1, 0.15) is 11.6 Å². The van der Waals surface area contributed by atoms with Crippen molar-refractivity contribution >= 4 is 16.9 Å². The standard InChI is InChI=1S/C17H20FN3O2/c18-12-3-4-13-14(10-12)20-16(19-13)15-2-1-7-21(15)17(22)11-5-8-23-9-6-11/h3-4,10-11,15H,1-2,5-9H2,(H,19,20). The van der Waals surface area contributed by atoms with Crippen LogP contribution in [0.25, 0.3) is 11.0 Å². The number of nitrogens with one attached hydrogen (secondary N) is 1. The maximum absolute atomic E-state index is 13.3. The first kappa shape index (κ1) is 14.6. The molecular weight excluding hydrogens is 297 g/mol. The summed E-state index contributed by atoms with van der Waals surface area (Å²) in [5, 5.41) is 0. The van der Waals surface area contributed by atoms with Gasteiger partial charge < -0.3 is 14.6 Å². The third kappa shape index (κ3) is 2.72. The zero-order valence-corrected chi connectivity index (χ0v) is 12.9. The van der Waals surface area contributed by atoms with Crippen molar-refractivity contribution in [3.8, 4) is 0 Å². The summed E-state index contributed by atoms with van der Waals surface area (Å²) in [5.41, 5.74) is 1.43. The number of rotatable bonds is 2. The van der Waals surface area contributed by atoms with Gasteiger partial charge in [-0.05, 0) is 43.9 Å². The summed E-state index contributed by atoms with van der Waals surface area (Å²) in [7, 11) is 0. The zero-order valence-electron chi connectivity index (χ0n) is 12.9. The van der Waals surface area contributed by atoms with Crippen LogP contribution in [0.3, 0.4) is 0 Å². The number of H-pyrrole nitrogens is 1. The van der Waals surface area contributed by atoms with Crippen LogP contribution in [-0.4, -0.2) is 40.5 Å². The van der Waals surface area contributed by atoms with Gasteiger partial charge in [0.2, 0.25) is 5.91 Å². The minimum absolute atomic E-state index is 0.0270. The van der Waals surface area contributed by atoms with Gasteiger partial charge in [-0.25, -0.2) is 9.37 Å². The van der Waals surface area contributed by atoms with E-state index in [1.807, 2.05) is 4.90 Å². The van der Waals surface area contributed by atoms with E-state index in [2.05, 4.69) is 9.97 Å². The molecule has 1 aromatic carbocycles. The number of aromatic nitrogens is 2. The van der Waals surface area contributed by atoms with Crippen LogP contribution in [0.4, 0.5) is 4.39 Å². The van der Waals surface area contributed by atoms with Crippen molar-refractivity contribution in [3.05, 3.63) is 29.8 Å². The molecule has 2 fully saturated rings. The average molecular weight is 317 g/mol. The molecule has 3 heterocycles. The number of likely N-dealkylation sites (tertiary alicyclic amines) is 1. The van der Waals surface area contributed by atoms with Crippen LogP contribution in [0.5, 0.6) is 0 Å². The summed E-state index contributed by atoms with van der Waals surface area (Å²) in [6.45, 7) is 2.10. The van der Waals surface area contributed by atoms with Gasteiger partial charge in [0, 0.05) is 25.7 Å². The number of carbonyl (C=O) groups excluding carboxylic acids is 1. The summed E-state index contributed by atoms with van der Waals surface area (Å²) < 4.78 is 18.7. The molecule has 2 aromatic rings. The van der Waals surface area contributed by atoms with E-state index < -0.39 is 0 Å². The molecule has 0 spiro atoms. The van der Waals surface area contributed by atoms with E-state index >= 15 is 0 Å². The molecule has 122 valence electrons. The Labute approximate surface area is 133 Å². The third-order valence-electron chi connectivity index (χ3n) is 4.88. The minimum atomic E-state index is -0.283. The number of halogens is 1. The molecule has 0 aliphatic carbocycles. The molecule has 0 radical (unpaired) electrons. The van der Waals surface area contributed by atoms with Gasteiger partial charge in [-0.2, -0.15) is 0 Å². The zero-order chi connectivity index (χ0) is 15.8. The Kier molecular flexibility index (Phi) is 3.77. The molecule has 23 heavy (non-hydrogen) atoms. The summed E-state index contributed by atoms with van der Waals surface area (Å²) in [6.07, 6.45) is 3.48. The van der Waals surface area contributed by atoms with Crippen molar-refractivity contribution in [1.82, 2.24) is 14.9 Å². The predicted octanol–water partition coefficient (Wildman–Crippen LogP) is 2.79. The molecule has 1 N–H and O–H groups in total. The Hall–Kier alpha value is -1.95. The summed E-state index contributed by atoms with van der Waals surface area (Å²) in [5.74, 6) is 0.756. The molecule has 6 heteroatoms. The second-order valence-electron chi connectivity index (χ2n) is 6.36. The Balaban J connectivity index is 1.59. The Bertz CT molecular complexity index is 724. The maximum Gasteiger partial charge on any atom is 0.226 e. The Morgan fingerprint density at radius 3 is 2.96 bits per heavy atom. The van der Waals surface area contributed by atoms with Gasteiger partial charge >= 0.3 is 0 Å². The van der Waals surface area contributed by atoms with Crippen molar-refractivity contribution in [2.45, 2.75) is 31.7 Å². The first-order chi connectivity index (χ1) is 11.2. The third-order valence-corrected chi connectivity index (χ3v) is 4.88. The van der Waals surface area contributed by atoms with Crippen LogP contribution in [0.2, 0.25) is 0 Å². The van der Waals surface area contributed by atoms with Crippen molar-refractivity contribution in [2.75, 3.05) is 19.8 Å².